The Bertz CT molecular complexity index is 2060. The summed E-state index contributed by atoms with van der Waals surface area (Å²) in [7, 11) is 0. The Morgan fingerprint density at radius 1 is 0.543 bits per heavy atom. The molecule has 0 spiro atoms. The highest BCUT2D eigenvalue weighted by molar-refractivity contribution is 6.19. The van der Waals surface area contributed by atoms with Gasteiger partial charge in [-0.1, -0.05) is 72.8 Å². The molecule has 0 saturated heterocycles. The fraction of sp³-hybridized carbons (Fsp3) is 0.0606. The van der Waals surface area contributed by atoms with Gasteiger partial charge in [-0.15, -0.1) is 0 Å². The molecule has 2 aliphatic rings. The molecule has 0 N–H and O–H groups in total. The number of para-hydroxylation sites is 2. The number of hydrogen-bond acceptors (Lipinski definition) is 1. The molecule has 0 atom stereocenters. The molecule has 7 aromatic rings. The van der Waals surface area contributed by atoms with E-state index < -0.39 is 0 Å². The van der Waals surface area contributed by atoms with E-state index >= 15 is 0 Å². The maximum absolute atomic E-state index is 5.22. The molecule has 2 heteroatoms. The van der Waals surface area contributed by atoms with Crippen molar-refractivity contribution < 1.29 is 0 Å². The van der Waals surface area contributed by atoms with Gasteiger partial charge in [0.15, 0.2) is 0 Å². The summed E-state index contributed by atoms with van der Waals surface area (Å²) in [5, 5.41) is 3.85. The molecule has 0 unspecified atom stereocenters. The average Bonchev–Trinajstić information content (AvgIpc) is 3.58. The number of benzene rings is 5. The number of aromatic nitrogens is 2. The maximum atomic E-state index is 5.22. The maximum Gasteiger partial charge on any atom is 0.146 e. The molecule has 0 amide bonds. The predicted octanol–water partition coefficient (Wildman–Crippen LogP) is 7.94. The number of nitrogens with zero attached hydrogens (tertiary/aromatic N) is 2. The molecule has 9 rings (SSSR count). The fourth-order valence-electron chi connectivity index (χ4n) is 6.68. The Morgan fingerprint density at radius 2 is 1.29 bits per heavy atom. The minimum absolute atomic E-state index is 0.993. The Labute approximate surface area is 202 Å². The molecule has 2 aromatic heterocycles. The molecule has 2 heterocycles. The van der Waals surface area contributed by atoms with E-state index in [0.29, 0.717) is 0 Å². The van der Waals surface area contributed by atoms with Crippen LogP contribution in [0.4, 0.5) is 0 Å². The van der Waals surface area contributed by atoms with Crippen molar-refractivity contribution in [2.75, 3.05) is 0 Å². The van der Waals surface area contributed by atoms with Crippen molar-refractivity contribution in [3.8, 4) is 22.3 Å². The van der Waals surface area contributed by atoms with Gasteiger partial charge in [0.2, 0.25) is 0 Å². The minimum Gasteiger partial charge on any atom is -0.291 e. The van der Waals surface area contributed by atoms with Crippen LogP contribution in [0.15, 0.2) is 97.1 Å². The van der Waals surface area contributed by atoms with Crippen LogP contribution in [0, 0.1) is 0 Å². The van der Waals surface area contributed by atoms with E-state index in [-0.39, 0.29) is 0 Å². The molecule has 0 fully saturated rings. The lowest BCUT2D eigenvalue weighted by molar-refractivity contribution is 1.26. The molecule has 162 valence electrons. The molecule has 2 nitrogen and oxygen atoms in total. The van der Waals surface area contributed by atoms with E-state index in [1.54, 1.807) is 0 Å². The SMILES string of the molecule is c1ccc2c(c1)Cc1cc3c(cc1-2)c1nc2ccccc2n1c1c2c(ccc31)Cc1ccccc1-2. The normalized spacial score (nSPS) is 13.5. The Kier molecular flexibility index (Phi) is 3.16. The van der Waals surface area contributed by atoms with Crippen molar-refractivity contribution >= 4 is 38.4 Å². The van der Waals surface area contributed by atoms with E-state index in [1.165, 1.54) is 71.7 Å². The van der Waals surface area contributed by atoms with Crippen molar-refractivity contribution in [3.63, 3.8) is 0 Å². The Hall–Kier alpha value is -4.43. The first-order valence-electron chi connectivity index (χ1n) is 12.3. The number of fused-ring (bicyclic) bond motifs is 15. The second kappa shape index (κ2) is 6.17. The summed E-state index contributed by atoms with van der Waals surface area (Å²) in [6.45, 7) is 0. The number of imidazole rings is 1. The number of pyridine rings is 1. The van der Waals surface area contributed by atoms with Crippen LogP contribution in [0.1, 0.15) is 22.3 Å². The minimum atomic E-state index is 0.993. The van der Waals surface area contributed by atoms with E-state index in [0.717, 1.165) is 24.0 Å². The molecule has 0 saturated carbocycles. The van der Waals surface area contributed by atoms with E-state index in [1.807, 2.05) is 0 Å². The van der Waals surface area contributed by atoms with Gasteiger partial charge in [-0.05, 0) is 81.4 Å². The zero-order chi connectivity index (χ0) is 22.7. The molecule has 0 radical (unpaired) electrons. The lowest BCUT2D eigenvalue weighted by atomic mass is 9.95. The standard InChI is InChI=1S/C33H20N2/c1-3-9-23-19(7-1)16-22-17-27-25-14-13-21-15-20-8-2-4-10-24(20)31(21)32(25)35-30-12-6-5-11-29(30)34-33(35)28(27)18-26(22)23/h1-14,17-18H,15-16H2. The largest absolute Gasteiger partial charge is 0.291 e. The summed E-state index contributed by atoms with van der Waals surface area (Å²) in [4.78, 5) is 5.22. The summed E-state index contributed by atoms with van der Waals surface area (Å²) in [5.41, 5.74) is 15.7. The van der Waals surface area contributed by atoms with Gasteiger partial charge in [0.1, 0.15) is 5.65 Å². The third kappa shape index (κ3) is 2.18. The second-order valence-corrected chi connectivity index (χ2v) is 9.98. The van der Waals surface area contributed by atoms with Crippen molar-refractivity contribution in [2.24, 2.45) is 0 Å². The van der Waals surface area contributed by atoms with Crippen molar-refractivity contribution in [1.82, 2.24) is 9.38 Å². The molecule has 35 heavy (non-hydrogen) atoms. The van der Waals surface area contributed by atoms with Crippen LogP contribution in [0.5, 0.6) is 0 Å². The Balaban J connectivity index is 1.54. The third-order valence-electron chi connectivity index (χ3n) is 8.18. The van der Waals surface area contributed by atoms with Crippen LogP contribution in [-0.2, 0) is 12.8 Å². The zero-order valence-corrected chi connectivity index (χ0v) is 19.0. The molecule has 0 aliphatic heterocycles. The van der Waals surface area contributed by atoms with Crippen LogP contribution < -0.4 is 0 Å². The van der Waals surface area contributed by atoms with Crippen LogP contribution in [0.3, 0.4) is 0 Å². The van der Waals surface area contributed by atoms with Gasteiger partial charge in [-0.25, -0.2) is 4.98 Å². The van der Waals surface area contributed by atoms with Crippen molar-refractivity contribution in [3.05, 3.63) is 119 Å². The average molecular weight is 445 g/mol. The zero-order valence-electron chi connectivity index (χ0n) is 19.0. The summed E-state index contributed by atoms with van der Waals surface area (Å²) in [5.74, 6) is 0. The summed E-state index contributed by atoms with van der Waals surface area (Å²) >= 11 is 0. The van der Waals surface area contributed by atoms with Crippen molar-refractivity contribution in [1.29, 1.82) is 0 Å². The first-order chi connectivity index (χ1) is 17.3. The van der Waals surface area contributed by atoms with Gasteiger partial charge in [-0.3, -0.25) is 4.40 Å². The van der Waals surface area contributed by atoms with Crippen LogP contribution in [0.25, 0.3) is 60.6 Å². The fourth-order valence-corrected chi connectivity index (χ4v) is 6.68. The van der Waals surface area contributed by atoms with E-state index in [9.17, 15) is 0 Å². The van der Waals surface area contributed by atoms with Gasteiger partial charge in [-0.2, -0.15) is 0 Å². The molecule has 5 aromatic carbocycles. The van der Waals surface area contributed by atoms with Crippen LogP contribution >= 0.6 is 0 Å². The van der Waals surface area contributed by atoms with Gasteiger partial charge in [0, 0.05) is 16.3 Å². The molecular formula is C33H20N2. The van der Waals surface area contributed by atoms with Gasteiger partial charge >= 0.3 is 0 Å². The Morgan fingerprint density at radius 3 is 2.20 bits per heavy atom. The first-order valence-corrected chi connectivity index (χ1v) is 12.3. The van der Waals surface area contributed by atoms with Gasteiger partial charge in [0.25, 0.3) is 0 Å². The number of hydrogen-bond donors (Lipinski definition) is 0. The monoisotopic (exact) mass is 444 g/mol. The lowest BCUT2D eigenvalue weighted by Gasteiger charge is -2.15. The highest BCUT2D eigenvalue weighted by atomic mass is 15.0. The van der Waals surface area contributed by atoms with Gasteiger partial charge in [0.05, 0.1) is 16.6 Å². The van der Waals surface area contributed by atoms with Crippen molar-refractivity contribution in [2.45, 2.75) is 12.8 Å². The summed E-state index contributed by atoms with van der Waals surface area (Å²) < 4.78 is 2.43. The van der Waals surface area contributed by atoms with E-state index in [2.05, 4.69) is 101 Å². The highest BCUT2D eigenvalue weighted by Crippen LogP contribution is 2.46. The predicted molar refractivity (Wildman–Crippen MR) is 144 cm³/mol. The van der Waals surface area contributed by atoms with Crippen LogP contribution in [0.2, 0.25) is 0 Å². The molecular weight excluding hydrogens is 424 g/mol. The molecule has 2 aliphatic carbocycles. The van der Waals surface area contributed by atoms with Gasteiger partial charge < -0.3 is 0 Å². The van der Waals surface area contributed by atoms with Crippen LogP contribution in [-0.4, -0.2) is 9.38 Å². The summed E-state index contributed by atoms with van der Waals surface area (Å²) in [6.07, 6.45) is 1.99. The smallest absolute Gasteiger partial charge is 0.146 e. The molecule has 0 bridgehead atoms. The van der Waals surface area contributed by atoms with E-state index in [4.69, 9.17) is 4.98 Å². The lowest BCUT2D eigenvalue weighted by Crippen LogP contribution is -1.96. The second-order valence-electron chi connectivity index (χ2n) is 9.98. The quantitative estimate of drug-likeness (QED) is 0.217. The summed E-state index contributed by atoms with van der Waals surface area (Å²) in [6, 6.07) is 35.8. The third-order valence-corrected chi connectivity index (χ3v) is 8.18. The topological polar surface area (TPSA) is 17.3 Å². The highest BCUT2D eigenvalue weighted by Gasteiger charge is 2.26. The first kappa shape index (κ1) is 18.0. The number of rotatable bonds is 0.